The molecule has 0 radical (unpaired) electrons. The second-order valence-corrected chi connectivity index (χ2v) is 6.27. The monoisotopic (exact) mass is 389 g/mol. The molecule has 0 amide bonds. The van der Waals surface area contributed by atoms with Gasteiger partial charge in [-0.1, -0.05) is 42.5 Å². The van der Waals surface area contributed by atoms with E-state index in [1.807, 2.05) is 54.6 Å². The Balaban J connectivity index is 1.21. The first kappa shape index (κ1) is 18.6. The van der Waals surface area contributed by atoms with Crippen molar-refractivity contribution in [3.63, 3.8) is 0 Å². The molecule has 0 spiro atoms. The van der Waals surface area contributed by atoms with Crippen LogP contribution in [0.4, 0.5) is 0 Å². The Morgan fingerprint density at radius 3 is 2.24 bits per heavy atom. The summed E-state index contributed by atoms with van der Waals surface area (Å²) in [5, 5.41) is 0. The highest BCUT2D eigenvalue weighted by Gasteiger charge is 2.09. The summed E-state index contributed by atoms with van der Waals surface area (Å²) >= 11 is 0. The minimum atomic E-state index is -0.503. The molecule has 6 nitrogen and oxygen atoms in total. The van der Waals surface area contributed by atoms with Gasteiger partial charge in [-0.15, -0.1) is 0 Å². The van der Waals surface area contributed by atoms with Crippen molar-refractivity contribution < 1.29 is 23.4 Å². The van der Waals surface area contributed by atoms with Crippen molar-refractivity contribution in [2.45, 2.75) is 13.2 Å². The first-order valence-electron chi connectivity index (χ1n) is 9.16. The molecule has 1 aromatic heterocycles. The van der Waals surface area contributed by atoms with Crippen LogP contribution in [0.1, 0.15) is 11.5 Å². The van der Waals surface area contributed by atoms with E-state index < -0.39 is 5.97 Å². The molecule has 0 aliphatic carbocycles. The molecule has 6 heteroatoms. The number of esters is 1. The number of carbonyl (C=O) groups excluding carboxylic acids is 1. The maximum atomic E-state index is 11.9. The van der Waals surface area contributed by atoms with E-state index >= 15 is 0 Å². The third kappa shape index (κ3) is 5.13. The highest BCUT2D eigenvalue weighted by Crippen LogP contribution is 2.19. The van der Waals surface area contributed by atoms with Gasteiger partial charge in [0.25, 0.3) is 0 Å². The average molecular weight is 389 g/mol. The maximum Gasteiger partial charge on any atom is 0.344 e. The lowest BCUT2D eigenvalue weighted by Crippen LogP contribution is -2.14. The molecule has 146 valence electrons. The molecule has 0 aliphatic rings. The Morgan fingerprint density at radius 2 is 1.48 bits per heavy atom. The Bertz CT molecular complexity index is 1040. The lowest BCUT2D eigenvalue weighted by molar-refractivity contribution is -0.148. The van der Waals surface area contributed by atoms with Gasteiger partial charge in [0.05, 0.1) is 0 Å². The van der Waals surface area contributed by atoms with Gasteiger partial charge in [0, 0.05) is 0 Å². The predicted octanol–water partition coefficient (Wildman–Crippen LogP) is 4.53. The van der Waals surface area contributed by atoms with Gasteiger partial charge in [-0.3, -0.25) is 0 Å². The summed E-state index contributed by atoms with van der Waals surface area (Å²) < 4.78 is 21.8. The first-order valence-corrected chi connectivity index (χ1v) is 9.16. The topological polar surface area (TPSA) is 70.8 Å². The minimum Gasteiger partial charge on any atom is -0.489 e. The number of hydrogen-bond donors (Lipinski definition) is 0. The molecule has 0 N–H and O–H groups in total. The Hall–Kier alpha value is -3.80. The minimum absolute atomic E-state index is 0.0386. The molecule has 3 aromatic carbocycles. The SMILES string of the molecule is O=C(COc1ccc(OCc2ccccc2)cc1)OCc1nc2ccccc2o1. The van der Waals surface area contributed by atoms with Crippen LogP contribution in [0.3, 0.4) is 0 Å². The molecule has 0 saturated heterocycles. The summed E-state index contributed by atoms with van der Waals surface area (Å²) in [4.78, 5) is 16.1. The van der Waals surface area contributed by atoms with Crippen LogP contribution in [0.2, 0.25) is 0 Å². The van der Waals surface area contributed by atoms with Crippen LogP contribution in [0.15, 0.2) is 83.3 Å². The van der Waals surface area contributed by atoms with Crippen LogP contribution in [-0.4, -0.2) is 17.6 Å². The number of benzene rings is 3. The summed E-state index contributed by atoms with van der Waals surface area (Å²) in [6.07, 6.45) is 0. The zero-order valence-corrected chi connectivity index (χ0v) is 15.6. The van der Waals surface area contributed by atoms with Crippen LogP contribution in [-0.2, 0) is 22.7 Å². The highest BCUT2D eigenvalue weighted by atomic mass is 16.6. The fourth-order valence-corrected chi connectivity index (χ4v) is 2.68. The molecule has 4 rings (SSSR count). The van der Waals surface area contributed by atoms with E-state index in [2.05, 4.69) is 4.98 Å². The zero-order valence-electron chi connectivity index (χ0n) is 15.6. The number of fused-ring (bicyclic) bond motifs is 1. The third-order valence-electron chi connectivity index (χ3n) is 4.12. The molecule has 0 bridgehead atoms. The molecular formula is C23H19NO5. The molecule has 0 atom stereocenters. The Labute approximate surface area is 167 Å². The number of aromatic nitrogens is 1. The van der Waals surface area contributed by atoms with Gasteiger partial charge >= 0.3 is 5.97 Å². The molecule has 1 heterocycles. The number of para-hydroxylation sites is 2. The van der Waals surface area contributed by atoms with Crippen LogP contribution < -0.4 is 9.47 Å². The number of oxazole rings is 1. The van der Waals surface area contributed by atoms with Crippen molar-refractivity contribution in [1.82, 2.24) is 4.98 Å². The predicted molar refractivity (Wildman–Crippen MR) is 107 cm³/mol. The molecule has 29 heavy (non-hydrogen) atoms. The maximum absolute atomic E-state index is 11.9. The normalized spacial score (nSPS) is 10.6. The number of ether oxygens (including phenoxy) is 3. The summed E-state index contributed by atoms with van der Waals surface area (Å²) in [5.41, 5.74) is 2.48. The van der Waals surface area contributed by atoms with E-state index in [1.54, 1.807) is 24.3 Å². The number of hydrogen-bond acceptors (Lipinski definition) is 6. The average Bonchev–Trinajstić information content (AvgIpc) is 3.19. The van der Waals surface area contributed by atoms with Gasteiger partial charge in [0.15, 0.2) is 18.8 Å². The van der Waals surface area contributed by atoms with Gasteiger partial charge < -0.3 is 18.6 Å². The van der Waals surface area contributed by atoms with Gasteiger partial charge in [0.1, 0.15) is 23.6 Å². The smallest absolute Gasteiger partial charge is 0.344 e. The van der Waals surface area contributed by atoms with E-state index in [1.165, 1.54) is 0 Å². The number of rotatable bonds is 8. The van der Waals surface area contributed by atoms with Crippen LogP contribution in [0, 0.1) is 0 Å². The van der Waals surface area contributed by atoms with E-state index in [0.717, 1.165) is 16.8 Å². The highest BCUT2D eigenvalue weighted by molar-refractivity contribution is 5.72. The zero-order chi connectivity index (χ0) is 19.9. The molecule has 0 aliphatic heterocycles. The van der Waals surface area contributed by atoms with Crippen molar-refractivity contribution in [1.29, 1.82) is 0 Å². The van der Waals surface area contributed by atoms with Crippen molar-refractivity contribution in [2.75, 3.05) is 6.61 Å². The summed E-state index contributed by atoms with van der Waals surface area (Å²) in [6, 6.07) is 24.4. The van der Waals surface area contributed by atoms with Crippen molar-refractivity contribution in [3.8, 4) is 11.5 Å². The fraction of sp³-hybridized carbons (Fsp3) is 0.130. The third-order valence-corrected chi connectivity index (χ3v) is 4.12. The van der Waals surface area contributed by atoms with E-state index in [4.69, 9.17) is 18.6 Å². The molecular weight excluding hydrogens is 370 g/mol. The number of nitrogens with zero attached hydrogens (tertiary/aromatic N) is 1. The quantitative estimate of drug-likeness (QED) is 0.412. The van der Waals surface area contributed by atoms with Crippen molar-refractivity contribution in [3.05, 3.63) is 90.3 Å². The largest absolute Gasteiger partial charge is 0.489 e. The standard InChI is InChI=1S/C23H19NO5/c25-23(28-15-22-24-20-8-4-5-9-21(20)29-22)16-27-19-12-10-18(11-13-19)26-14-17-6-2-1-3-7-17/h1-13H,14-16H2. The summed E-state index contributed by atoms with van der Waals surface area (Å²) in [5.74, 6) is 1.12. The summed E-state index contributed by atoms with van der Waals surface area (Å²) in [7, 11) is 0. The van der Waals surface area contributed by atoms with E-state index in [-0.39, 0.29) is 13.2 Å². The van der Waals surface area contributed by atoms with Crippen LogP contribution >= 0.6 is 0 Å². The number of carbonyl (C=O) groups is 1. The molecule has 4 aromatic rings. The first-order chi connectivity index (χ1) is 14.3. The second-order valence-electron chi connectivity index (χ2n) is 6.27. The van der Waals surface area contributed by atoms with Crippen LogP contribution in [0.5, 0.6) is 11.5 Å². The van der Waals surface area contributed by atoms with Crippen LogP contribution in [0.25, 0.3) is 11.1 Å². The summed E-state index contributed by atoms with van der Waals surface area (Å²) in [6.45, 7) is 0.247. The van der Waals surface area contributed by atoms with Gasteiger partial charge in [0.2, 0.25) is 5.89 Å². The lowest BCUT2D eigenvalue weighted by atomic mass is 10.2. The van der Waals surface area contributed by atoms with Gasteiger partial charge in [-0.25, -0.2) is 9.78 Å². The van der Waals surface area contributed by atoms with E-state index in [9.17, 15) is 4.79 Å². The Morgan fingerprint density at radius 1 is 0.793 bits per heavy atom. The molecule has 0 fully saturated rings. The van der Waals surface area contributed by atoms with Crippen molar-refractivity contribution in [2.24, 2.45) is 0 Å². The Kier molecular flexibility index (Phi) is 5.71. The lowest BCUT2D eigenvalue weighted by Gasteiger charge is -2.08. The van der Waals surface area contributed by atoms with Crippen molar-refractivity contribution >= 4 is 17.1 Å². The van der Waals surface area contributed by atoms with E-state index in [0.29, 0.717) is 23.8 Å². The van der Waals surface area contributed by atoms with Gasteiger partial charge in [-0.05, 0) is 42.0 Å². The molecule has 0 unspecified atom stereocenters. The van der Waals surface area contributed by atoms with Gasteiger partial charge in [-0.2, -0.15) is 0 Å². The molecule has 0 saturated carbocycles. The fourth-order valence-electron chi connectivity index (χ4n) is 2.68. The second kappa shape index (κ2) is 8.93.